The molecule has 114 valence electrons. The zero-order valence-electron chi connectivity index (χ0n) is 12.9. The number of hydrogen-bond acceptors (Lipinski definition) is 4. The van der Waals surface area contributed by atoms with Crippen LogP contribution in [0.4, 0.5) is 0 Å². The van der Waals surface area contributed by atoms with E-state index in [1.54, 1.807) is 4.68 Å². The van der Waals surface area contributed by atoms with Gasteiger partial charge in [-0.15, -0.1) is 5.10 Å². The van der Waals surface area contributed by atoms with Crippen LogP contribution in [0.5, 0.6) is 0 Å². The molecule has 1 unspecified atom stereocenters. The van der Waals surface area contributed by atoms with Gasteiger partial charge in [0.05, 0.1) is 12.5 Å². The van der Waals surface area contributed by atoms with E-state index in [0.717, 1.165) is 31.5 Å². The van der Waals surface area contributed by atoms with Crippen molar-refractivity contribution in [2.75, 3.05) is 0 Å². The van der Waals surface area contributed by atoms with Crippen LogP contribution in [0.15, 0.2) is 0 Å². The summed E-state index contributed by atoms with van der Waals surface area (Å²) in [5.74, 6) is 0.522. The summed E-state index contributed by atoms with van der Waals surface area (Å²) in [7, 11) is 0. The highest BCUT2D eigenvalue weighted by Crippen LogP contribution is 2.29. The van der Waals surface area contributed by atoms with Gasteiger partial charge in [-0.05, 0) is 29.2 Å². The van der Waals surface area contributed by atoms with Crippen molar-refractivity contribution in [1.82, 2.24) is 20.2 Å². The predicted octanol–water partition coefficient (Wildman–Crippen LogP) is 3.03. The van der Waals surface area contributed by atoms with Gasteiger partial charge in [0.1, 0.15) is 0 Å². The van der Waals surface area contributed by atoms with Crippen LogP contribution in [0.25, 0.3) is 0 Å². The van der Waals surface area contributed by atoms with Gasteiger partial charge in [0, 0.05) is 5.92 Å². The van der Waals surface area contributed by atoms with Gasteiger partial charge < -0.3 is 5.11 Å². The fourth-order valence-corrected chi connectivity index (χ4v) is 2.59. The summed E-state index contributed by atoms with van der Waals surface area (Å²) < 4.78 is 1.74. The van der Waals surface area contributed by atoms with E-state index in [0.29, 0.717) is 5.92 Å². The van der Waals surface area contributed by atoms with Crippen molar-refractivity contribution < 1.29 is 9.90 Å². The molecule has 1 N–H and O–H groups in total. The Morgan fingerprint density at radius 3 is 2.30 bits per heavy atom. The molecule has 20 heavy (non-hydrogen) atoms. The van der Waals surface area contributed by atoms with E-state index >= 15 is 0 Å². The molecule has 0 aliphatic heterocycles. The third-order valence-electron chi connectivity index (χ3n) is 3.63. The summed E-state index contributed by atoms with van der Waals surface area (Å²) in [4.78, 5) is 11.1. The molecule has 0 spiro atoms. The highest BCUT2D eigenvalue weighted by atomic mass is 16.4. The first-order valence-corrected chi connectivity index (χ1v) is 7.50. The molecule has 1 rings (SSSR count). The van der Waals surface area contributed by atoms with Crippen LogP contribution in [-0.4, -0.2) is 31.3 Å². The number of aliphatic carboxylic acids is 1. The van der Waals surface area contributed by atoms with Gasteiger partial charge in [0.2, 0.25) is 0 Å². The maximum Gasteiger partial charge on any atom is 0.305 e. The van der Waals surface area contributed by atoms with Gasteiger partial charge in [-0.25, -0.2) is 4.68 Å². The van der Waals surface area contributed by atoms with Crippen molar-refractivity contribution in [1.29, 1.82) is 0 Å². The second kappa shape index (κ2) is 7.97. The molecule has 1 aromatic heterocycles. The Kier molecular flexibility index (Phi) is 6.61. The highest BCUT2D eigenvalue weighted by molar-refractivity contribution is 5.67. The van der Waals surface area contributed by atoms with E-state index in [9.17, 15) is 4.79 Å². The Hall–Kier alpha value is -1.46. The first-order valence-electron chi connectivity index (χ1n) is 7.50. The first-order chi connectivity index (χ1) is 9.51. The molecule has 0 saturated carbocycles. The lowest BCUT2D eigenvalue weighted by Gasteiger charge is -2.23. The minimum atomic E-state index is -0.812. The maximum atomic E-state index is 11.1. The Morgan fingerprint density at radius 2 is 1.85 bits per heavy atom. The van der Waals surface area contributed by atoms with Crippen molar-refractivity contribution in [3.05, 3.63) is 5.82 Å². The molecule has 0 aliphatic rings. The Balaban J connectivity index is 3.04. The largest absolute Gasteiger partial charge is 0.481 e. The number of aromatic nitrogens is 4. The predicted molar refractivity (Wildman–Crippen MR) is 76.5 cm³/mol. The van der Waals surface area contributed by atoms with Crippen molar-refractivity contribution >= 4 is 5.97 Å². The molecule has 0 fully saturated rings. The van der Waals surface area contributed by atoms with Crippen LogP contribution in [0.2, 0.25) is 0 Å². The number of hydrogen-bond donors (Lipinski definition) is 1. The summed E-state index contributed by atoms with van der Waals surface area (Å²) in [6.45, 7) is 8.31. The van der Waals surface area contributed by atoms with Crippen LogP contribution in [0.3, 0.4) is 0 Å². The second-order valence-corrected chi connectivity index (χ2v) is 5.67. The van der Waals surface area contributed by atoms with Gasteiger partial charge in [0.15, 0.2) is 5.82 Å². The monoisotopic (exact) mass is 282 g/mol. The molecule has 6 nitrogen and oxygen atoms in total. The molecule has 0 aliphatic carbocycles. The van der Waals surface area contributed by atoms with Crippen LogP contribution < -0.4 is 0 Å². The van der Waals surface area contributed by atoms with E-state index < -0.39 is 5.97 Å². The van der Waals surface area contributed by atoms with Crippen LogP contribution in [-0.2, 0) is 4.79 Å². The maximum absolute atomic E-state index is 11.1. The SMILES string of the molecule is CCCC(CCC)c1nnnn1C(CC(=O)O)C(C)C. The first kappa shape index (κ1) is 16.6. The van der Waals surface area contributed by atoms with E-state index in [2.05, 4.69) is 29.4 Å². The fourth-order valence-electron chi connectivity index (χ4n) is 2.59. The lowest BCUT2D eigenvalue weighted by molar-refractivity contribution is -0.138. The van der Waals surface area contributed by atoms with Crippen molar-refractivity contribution in [2.24, 2.45) is 5.92 Å². The van der Waals surface area contributed by atoms with E-state index in [1.807, 2.05) is 13.8 Å². The topological polar surface area (TPSA) is 80.9 Å². The zero-order valence-corrected chi connectivity index (χ0v) is 12.9. The zero-order chi connectivity index (χ0) is 15.1. The van der Waals surface area contributed by atoms with Crippen molar-refractivity contribution in [3.8, 4) is 0 Å². The molecule has 0 aromatic carbocycles. The Bertz CT molecular complexity index is 411. The molecule has 6 heteroatoms. The van der Waals surface area contributed by atoms with Crippen molar-refractivity contribution in [3.63, 3.8) is 0 Å². The van der Waals surface area contributed by atoms with E-state index in [4.69, 9.17) is 5.11 Å². The molecule has 0 amide bonds. The summed E-state index contributed by atoms with van der Waals surface area (Å²) in [6, 6.07) is -0.186. The second-order valence-electron chi connectivity index (χ2n) is 5.67. The molecular formula is C14H26N4O2. The molecule has 0 bridgehead atoms. The summed E-state index contributed by atoms with van der Waals surface area (Å²) in [5.41, 5.74) is 0. The average molecular weight is 282 g/mol. The summed E-state index contributed by atoms with van der Waals surface area (Å²) >= 11 is 0. The standard InChI is InChI=1S/C14H26N4O2/c1-5-7-11(8-6-2)14-15-16-17-18(14)12(10(3)4)9-13(19)20/h10-12H,5-9H2,1-4H3,(H,19,20). The normalized spacial score (nSPS) is 13.1. The quantitative estimate of drug-likeness (QED) is 0.753. The van der Waals surface area contributed by atoms with Crippen LogP contribution >= 0.6 is 0 Å². The van der Waals surface area contributed by atoms with Crippen LogP contribution in [0.1, 0.15) is 77.6 Å². The number of carboxylic acid groups (broad SMARTS) is 1. The highest BCUT2D eigenvalue weighted by Gasteiger charge is 2.26. The van der Waals surface area contributed by atoms with Crippen LogP contribution in [0, 0.1) is 5.92 Å². The number of nitrogens with zero attached hydrogens (tertiary/aromatic N) is 4. The molecule has 1 aromatic rings. The number of tetrazole rings is 1. The lowest BCUT2D eigenvalue weighted by atomic mass is 9.95. The summed E-state index contributed by atoms with van der Waals surface area (Å²) in [5, 5.41) is 21.1. The molecule has 1 atom stereocenters. The minimum absolute atomic E-state index is 0.0562. The smallest absolute Gasteiger partial charge is 0.305 e. The van der Waals surface area contributed by atoms with Gasteiger partial charge in [-0.3, -0.25) is 4.79 Å². The fraction of sp³-hybridized carbons (Fsp3) is 0.857. The molecule has 0 saturated heterocycles. The molecular weight excluding hydrogens is 256 g/mol. The summed E-state index contributed by atoms with van der Waals surface area (Å²) in [6.07, 6.45) is 4.27. The van der Waals surface area contributed by atoms with Gasteiger partial charge in [-0.2, -0.15) is 0 Å². The van der Waals surface area contributed by atoms with Crippen molar-refractivity contribution in [2.45, 2.75) is 71.8 Å². The third-order valence-corrected chi connectivity index (χ3v) is 3.63. The number of carboxylic acids is 1. The number of carbonyl (C=O) groups is 1. The van der Waals surface area contributed by atoms with E-state index in [1.165, 1.54) is 0 Å². The van der Waals surface area contributed by atoms with Gasteiger partial charge >= 0.3 is 5.97 Å². The van der Waals surface area contributed by atoms with Gasteiger partial charge in [0.25, 0.3) is 0 Å². The third kappa shape index (κ3) is 4.28. The lowest BCUT2D eigenvalue weighted by Crippen LogP contribution is -2.23. The van der Waals surface area contributed by atoms with E-state index in [-0.39, 0.29) is 18.4 Å². The average Bonchev–Trinajstić information content (AvgIpc) is 2.83. The van der Waals surface area contributed by atoms with Gasteiger partial charge in [-0.1, -0.05) is 40.5 Å². The Morgan fingerprint density at radius 1 is 1.25 bits per heavy atom. The molecule has 0 radical (unpaired) electrons. The Labute approximate surface area is 120 Å². The molecule has 1 heterocycles. The number of rotatable bonds is 9. The minimum Gasteiger partial charge on any atom is -0.481 e.